The standard InChI is InChI=1S/C19H24N2O4/c1-12(2)7-8-21-18(23)15-6-5-13(10-16(15)19(21)24)17(22)20-11-14-4-3-9-25-14/h5-6,10,12,14H,3-4,7-9,11H2,1-2H3,(H,20,22)/t14-/m1/s1. The summed E-state index contributed by atoms with van der Waals surface area (Å²) in [6, 6.07) is 4.70. The molecular formula is C19H24N2O4. The molecule has 1 saturated heterocycles. The lowest BCUT2D eigenvalue weighted by atomic mass is 10.1. The largest absolute Gasteiger partial charge is 0.376 e. The zero-order valence-corrected chi connectivity index (χ0v) is 14.7. The van der Waals surface area contributed by atoms with Crippen LogP contribution < -0.4 is 5.32 Å². The number of amides is 3. The van der Waals surface area contributed by atoms with E-state index in [0.29, 0.717) is 35.7 Å². The summed E-state index contributed by atoms with van der Waals surface area (Å²) in [7, 11) is 0. The van der Waals surface area contributed by atoms with Gasteiger partial charge in [0.2, 0.25) is 0 Å². The molecule has 0 saturated carbocycles. The molecule has 0 aliphatic carbocycles. The molecule has 2 aliphatic heterocycles. The highest BCUT2D eigenvalue weighted by Crippen LogP contribution is 2.25. The van der Waals surface area contributed by atoms with Gasteiger partial charge in [-0.05, 0) is 43.4 Å². The predicted octanol–water partition coefficient (Wildman–Crippen LogP) is 2.24. The average Bonchev–Trinajstić information content (AvgIpc) is 3.19. The molecule has 0 bridgehead atoms. The van der Waals surface area contributed by atoms with Gasteiger partial charge in [-0.25, -0.2) is 0 Å². The van der Waals surface area contributed by atoms with Crippen molar-refractivity contribution in [3.05, 3.63) is 34.9 Å². The fourth-order valence-corrected chi connectivity index (χ4v) is 3.14. The van der Waals surface area contributed by atoms with Crippen LogP contribution in [0.15, 0.2) is 18.2 Å². The Morgan fingerprint density at radius 3 is 2.72 bits per heavy atom. The van der Waals surface area contributed by atoms with Crippen molar-refractivity contribution in [1.29, 1.82) is 0 Å². The molecule has 2 aliphatic rings. The zero-order chi connectivity index (χ0) is 18.0. The smallest absolute Gasteiger partial charge is 0.261 e. The van der Waals surface area contributed by atoms with Crippen molar-refractivity contribution >= 4 is 17.7 Å². The molecule has 0 aromatic heterocycles. The summed E-state index contributed by atoms with van der Waals surface area (Å²) in [4.78, 5) is 38.5. The van der Waals surface area contributed by atoms with E-state index in [0.717, 1.165) is 25.9 Å². The van der Waals surface area contributed by atoms with Gasteiger partial charge in [-0.15, -0.1) is 0 Å². The number of ether oxygens (including phenoxy) is 1. The third-order valence-electron chi connectivity index (χ3n) is 4.68. The maximum atomic E-state index is 12.5. The van der Waals surface area contributed by atoms with Gasteiger partial charge in [0.05, 0.1) is 17.2 Å². The number of nitrogens with one attached hydrogen (secondary N) is 1. The van der Waals surface area contributed by atoms with Crippen LogP contribution in [0.1, 0.15) is 64.2 Å². The number of hydrogen-bond donors (Lipinski definition) is 1. The van der Waals surface area contributed by atoms with E-state index in [4.69, 9.17) is 4.74 Å². The fraction of sp³-hybridized carbons (Fsp3) is 0.526. The van der Waals surface area contributed by atoms with Crippen LogP contribution in [-0.4, -0.2) is 48.4 Å². The quantitative estimate of drug-likeness (QED) is 0.803. The molecule has 134 valence electrons. The maximum Gasteiger partial charge on any atom is 0.261 e. The minimum atomic E-state index is -0.311. The molecule has 6 heteroatoms. The van der Waals surface area contributed by atoms with Crippen molar-refractivity contribution in [3.8, 4) is 0 Å². The average molecular weight is 344 g/mol. The molecule has 0 unspecified atom stereocenters. The van der Waals surface area contributed by atoms with Crippen LogP contribution in [0.5, 0.6) is 0 Å². The van der Waals surface area contributed by atoms with Gasteiger partial charge in [0.25, 0.3) is 17.7 Å². The number of imide groups is 1. The van der Waals surface area contributed by atoms with Crippen LogP contribution in [0.2, 0.25) is 0 Å². The molecule has 1 fully saturated rings. The van der Waals surface area contributed by atoms with E-state index < -0.39 is 0 Å². The van der Waals surface area contributed by atoms with Crippen LogP contribution in [0.3, 0.4) is 0 Å². The van der Waals surface area contributed by atoms with Gasteiger partial charge in [-0.2, -0.15) is 0 Å². The molecule has 1 aromatic carbocycles. The molecule has 3 amide bonds. The molecule has 3 rings (SSSR count). The highest BCUT2D eigenvalue weighted by Gasteiger charge is 2.35. The van der Waals surface area contributed by atoms with Gasteiger partial charge in [-0.3, -0.25) is 19.3 Å². The summed E-state index contributed by atoms with van der Waals surface area (Å²) >= 11 is 0. The van der Waals surface area contributed by atoms with Gasteiger partial charge in [0, 0.05) is 25.3 Å². The Labute approximate surface area is 147 Å². The second kappa shape index (κ2) is 7.35. The van der Waals surface area contributed by atoms with Gasteiger partial charge in [0.15, 0.2) is 0 Å². The van der Waals surface area contributed by atoms with Crippen LogP contribution in [0.4, 0.5) is 0 Å². The summed E-state index contributed by atoms with van der Waals surface area (Å²) in [5, 5.41) is 2.84. The normalized spacial score (nSPS) is 19.6. The van der Waals surface area contributed by atoms with Crippen LogP contribution in [-0.2, 0) is 4.74 Å². The Hall–Kier alpha value is -2.21. The van der Waals surface area contributed by atoms with Crippen molar-refractivity contribution in [2.75, 3.05) is 19.7 Å². The van der Waals surface area contributed by atoms with Gasteiger partial charge < -0.3 is 10.1 Å². The summed E-state index contributed by atoms with van der Waals surface area (Å²) in [6.07, 6.45) is 2.79. The van der Waals surface area contributed by atoms with Crippen molar-refractivity contribution < 1.29 is 19.1 Å². The first kappa shape index (κ1) is 17.6. The van der Waals surface area contributed by atoms with Crippen LogP contribution in [0, 0.1) is 5.92 Å². The van der Waals surface area contributed by atoms with Crippen LogP contribution >= 0.6 is 0 Å². The third-order valence-corrected chi connectivity index (χ3v) is 4.68. The molecular weight excluding hydrogens is 320 g/mol. The molecule has 0 spiro atoms. The molecule has 0 radical (unpaired) electrons. The van der Waals surface area contributed by atoms with Crippen molar-refractivity contribution in [3.63, 3.8) is 0 Å². The number of rotatable bonds is 6. The first-order chi connectivity index (χ1) is 12.0. The molecule has 1 atom stereocenters. The molecule has 1 aromatic rings. The number of carbonyl (C=O) groups is 3. The minimum Gasteiger partial charge on any atom is -0.376 e. The molecule has 25 heavy (non-hydrogen) atoms. The van der Waals surface area contributed by atoms with Gasteiger partial charge in [-0.1, -0.05) is 13.8 Å². The first-order valence-electron chi connectivity index (χ1n) is 8.87. The predicted molar refractivity (Wildman–Crippen MR) is 92.6 cm³/mol. The Balaban J connectivity index is 1.69. The number of carbonyl (C=O) groups excluding carboxylic acids is 3. The topological polar surface area (TPSA) is 75.7 Å². The summed E-state index contributed by atoms with van der Waals surface area (Å²) in [5.41, 5.74) is 1.09. The van der Waals surface area contributed by atoms with E-state index in [1.165, 1.54) is 11.0 Å². The number of fused-ring (bicyclic) bond motifs is 1. The maximum absolute atomic E-state index is 12.5. The second-order valence-electron chi connectivity index (χ2n) is 7.05. The van der Waals surface area contributed by atoms with E-state index >= 15 is 0 Å². The van der Waals surface area contributed by atoms with E-state index in [9.17, 15) is 14.4 Å². The lowest BCUT2D eigenvalue weighted by Gasteiger charge is -2.14. The van der Waals surface area contributed by atoms with E-state index in [1.54, 1.807) is 12.1 Å². The number of nitrogens with zero attached hydrogens (tertiary/aromatic N) is 1. The molecule has 1 N–H and O–H groups in total. The van der Waals surface area contributed by atoms with Gasteiger partial charge >= 0.3 is 0 Å². The first-order valence-corrected chi connectivity index (χ1v) is 8.87. The van der Waals surface area contributed by atoms with Crippen molar-refractivity contribution in [2.24, 2.45) is 5.92 Å². The Morgan fingerprint density at radius 1 is 1.28 bits per heavy atom. The number of benzene rings is 1. The number of hydrogen-bond acceptors (Lipinski definition) is 4. The monoisotopic (exact) mass is 344 g/mol. The Bertz CT molecular complexity index is 693. The third kappa shape index (κ3) is 3.74. The summed E-state index contributed by atoms with van der Waals surface area (Å²) in [5.74, 6) is -0.427. The van der Waals surface area contributed by atoms with Crippen molar-refractivity contribution in [2.45, 2.75) is 39.2 Å². The highest BCUT2D eigenvalue weighted by molar-refractivity contribution is 6.22. The Kier molecular flexibility index (Phi) is 5.18. The minimum absolute atomic E-state index is 0.0631. The Morgan fingerprint density at radius 2 is 2.04 bits per heavy atom. The molecule has 6 nitrogen and oxygen atoms in total. The second-order valence-corrected chi connectivity index (χ2v) is 7.05. The lowest BCUT2D eigenvalue weighted by Crippen LogP contribution is -2.32. The van der Waals surface area contributed by atoms with Gasteiger partial charge in [0.1, 0.15) is 0 Å². The summed E-state index contributed by atoms with van der Waals surface area (Å²) < 4.78 is 5.48. The lowest BCUT2D eigenvalue weighted by molar-refractivity contribution is 0.0647. The van der Waals surface area contributed by atoms with Crippen molar-refractivity contribution in [1.82, 2.24) is 10.2 Å². The highest BCUT2D eigenvalue weighted by atomic mass is 16.5. The van der Waals surface area contributed by atoms with E-state index in [-0.39, 0.29) is 23.8 Å². The van der Waals surface area contributed by atoms with E-state index in [2.05, 4.69) is 19.2 Å². The fourth-order valence-electron chi connectivity index (χ4n) is 3.14. The van der Waals surface area contributed by atoms with E-state index in [1.807, 2.05) is 0 Å². The SMILES string of the molecule is CC(C)CCN1C(=O)c2ccc(C(=O)NC[C@H]3CCCO3)cc2C1=O. The van der Waals surface area contributed by atoms with Crippen LogP contribution in [0.25, 0.3) is 0 Å². The summed E-state index contributed by atoms with van der Waals surface area (Å²) in [6.45, 7) is 5.71. The zero-order valence-electron chi connectivity index (χ0n) is 14.7. The molecule has 2 heterocycles.